The number of benzene rings is 1. The highest BCUT2D eigenvalue weighted by molar-refractivity contribution is 7.91. The topological polar surface area (TPSA) is 118 Å². The van der Waals surface area contributed by atoms with Crippen LogP contribution >= 0.6 is 0 Å². The standard InChI is InChI=1S/C27H39N3O6S/c1-4-16-36-27(13-6-5-7-14-27)18-25(31)29-30(32)19-22-12-15-28-26(17-22)37(33,34)24-10-8-23(9-11-24)35-20-21(2)3/h8-12,15,17,21,32H,4-7,13-14,16,18-20H2,1-3H3,(H,29,31). The van der Waals surface area contributed by atoms with Gasteiger partial charge < -0.3 is 9.47 Å². The molecule has 1 amide bonds. The van der Waals surface area contributed by atoms with Crippen molar-refractivity contribution in [2.45, 2.75) is 87.8 Å². The second-order valence-corrected chi connectivity index (χ2v) is 11.9. The van der Waals surface area contributed by atoms with Crippen molar-refractivity contribution in [2.24, 2.45) is 5.92 Å². The van der Waals surface area contributed by atoms with Gasteiger partial charge in [-0.2, -0.15) is 0 Å². The number of rotatable bonds is 13. The first kappa shape index (κ1) is 29.0. The zero-order valence-electron chi connectivity index (χ0n) is 22.0. The van der Waals surface area contributed by atoms with Gasteiger partial charge in [0.15, 0.2) is 5.03 Å². The van der Waals surface area contributed by atoms with Gasteiger partial charge in [-0.15, -0.1) is 0 Å². The molecular formula is C27H39N3O6S. The number of pyridine rings is 1. The highest BCUT2D eigenvalue weighted by Gasteiger charge is 2.35. The van der Waals surface area contributed by atoms with E-state index in [0.29, 0.717) is 35.6 Å². The Morgan fingerprint density at radius 2 is 1.86 bits per heavy atom. The number of sulfone groups is 1. The van der Waals surface area contributed by atoms with Crippen LogP contribution in [-0.2, 0) is 25.9 Å². The molecule has 0 unspecified atom stereocenters. The molecule has 0 spiro atoms. The summed E-state index contributed by atoms with van der Waals surface area (Å²) >= 11 is 0. The molecule has 1 aliphatic carbocycles. The molecule has 1 heterocycles. The molecule has 0 bridgehead atoms. The molecule has 2 N–H and O–H groups in total. The van der Waals surface area contributed by atoms with Crippen LogP contribution in [0.1, 0.15) is 71.3 Å². The second-order valence-electron chi connectivity index (χ2n) is 10.0. The average Bonchev–Trinajstić information content (AvgIpc) is 2.87. The van der Waals surface area contributed by atoms with Crippen LogP contribution in [0.3, 0.4) is 0 Å². The molecule has 1 aromatic carbocycles. The van der Waals surface area contributed by atoms with Crippen molar-refractivity contribution in [1.29, 1.82) is 0 Å². The summed E-state index contributed by atoms with van der Waals surface area (Å²) in [6.07, 6.45) is 7.21. The van der Waals surface area contributed by atoms with E-state index in [2.05, 4.69) is 10.4 Å². The second kappa shape index (κ2) is 13.3. The fourth-order valence-electron chi connectivity index (χ4n) is 4.37. The monoisotopic (exact) mass is 533 g/mol. The van der Waals surface area contributed by atoms with Crippen molar-refractivity contribution in [1.82, 2.24) is 15.6 Å². The molecule has 0 radical (unpaired) electrons. The Bertz CT molecular complexity index is 1120. The first-order chi connectivity index (χ1) is 17.6. The van der Waals surface area contributed by atoms with Gasteiger partial charge in [-0.3, -0.25) is 15.4 Å². The van der Waals surface area contributed by atoms with E-state index in [0.717, 1.165) is 38.5 Å². The van der Waals surface area contributed by atoms with Crippen LogP contribution in [0, 0.1) is 5.92 Å². The number of carbonyl (C=O) groups is 1. The molecule has 9 nitrogen and oxygen atoms in total. The highest BCUT2D eigenvalue weighted by atomic mass is 32.2. The summed E-state index contributed by atoms with van der Waals surface area (Å²) in [5.74, 6) is 0.604. The minimum absolute atomic E-state index is 0.0908. The van der Waals surface area contributed by atoms with Gasteiger partial charge in [-0.1, -0.05) is 45.2 Å². The van der Waals surface area contributed by atoms with E-state index >= 15 is 0 Å². The van der Waals surface area contributed by atoms with Gasteiger partial charge in [0.05, 0.1) is 30.1 Å². The summed E-state index contributed by atoms with van der Waals surface area (Å²) in [4.78, 5) is 16.8. The van der Waals surface area contributed by atoms with Crippen LogP contribution < -0.4 is 10.2 Å². The normalized spacial score (nSPS) is 15.6. The maximum Gasteiger partial charge on any atom is 0.238 e. The van der Waals surface area contributed by atoms with Crippen LogP contribution in [0.15, 0.2) is 52.5 Å². The Labute approximate surface area is 220 Å². The molecule has 0 atom stereocenters. The fraction of sp³-hybridized carbons (Fsp3) is 0.556. The predicted octanol–water partition coefficient (Wildman–Crippen LogP) is 4.69. The number of nitrogens with one attached hydrogen (secondary N) is 1. The number of amides is 1. The molecule has 1 fully saturated rings. The first-order valence-electron chi connectivity index (χ1n) is 13.0. The molecule has 1 saturated carbocycles. The van der Waals surface area contributed by atoms with Gasteiger partial charge >= 0.3 is 0 Å². The molecule has 3 rings (SSSR count). The SMILES string of the molecule is CCCOC1(CC(=O)NN(O)Cc2ccnc(S(=O)(=O)c3ccc(OCC(C)C)cc3)c2)CCCCC1. The molecular weight excluding hydrogens is 494 g/mol. The van der Waals surface area contributed by atoms with E-state index in [1.54, 1.807) is 18.2 Å². The number of hydrazine groups is 1. The van der Waals surface area contributed by atoms with Crippen molar-refractivity contribution < 1.29 is 27.9 Å². The zero-order chi connectivity index (χ0) is 26.9. The van der Waals surface area contributed by atoms with Gasteiger partial charge in [0.1, 0.15) is 5.75 Å². The van der Waals surface area contributed by atoms with Gasteiger partial charge in [-0.25, -0.2) is 13.4 Å². The molecule has 204 valence electrons. The number of nitrogens with zero attached hydrogens (tertiary/aromatic N) is 2. The smallest absolute Gasteiger partial charge is 0.238 e. The highest BCUT2D eigenvalue weighted by Crippen LogP contribution is 2.34. The van der Waals surface area contributed by atoms with Crippen LogP contribution in [0.25, 0.3) is 0 Å². The lowest BCUT2D eigenvalue weighted by Crippen LogP contribution is -2.45. The Balaban J connectivity index is 1.62. The molecule has 1 aromatic heterocycles. The summed E-state index contributed by atoms with van der Waals surface area (Å²) in [7, 11) is -3.88. The molecule has 1 aliphatic rings. The van der Waals surface area contributed by atoms with E-state index in [1.807, 2.05) is 20.8 Å². The number of carbonyl (C=O) groups excluding carboxylic acids is 1. The molecule has 2 aromatic rings. The van der Waals surface area contributed by atoms with Crippen molar-refractivity contribution in [2.75, 3.05) is 13.2 Å². The van der Waals surface area contributed by atoms with Gasteiger partial charge in [0, 0.05) is 12.8 Å². The Morgan fingerprint density at radius 3 is 2.51 bits per heavy atom. The third kappa shape index (κ3) is 8.49. The fourth-order valence-corrected chi connectivity index (χ4v) is 5.61. The third-order valence-electron chi connectivity index (χ3n) is 6.24. The van der Waals surface area contributed by atoms with Crippen molar-refractivity contribution in [3.8, 4) is 5.75 Å². The minimum Gasteiger partial charge on any atom is -0.493 e. The largest absolute Gasteiger partial charge is 0.493 e. The van der Waals surface area contributed by atoms with Crippen molar-refractivity contribution in [3.63, 3.8) is 0 Å². The van der Waals surface area contributed by atoms with Crippen LogP contribution in [-0.4, -0.2) is 48.5 Å². The van der Waals surface area contributed by atoms with Crippen molar-refractivity contribution >= 4 is 15.7 Å². The Hall–Kier alpha value is -2.53. The van der Waals surface area contributed by atoms with Gasteiger partial charge in [0.2, 0.25) is 15.7 Å². The Morgan fingerprint density at radius 1 is 1.16 bits per heavy atom. The van der Waals surface area contributed by atoms with E-state index in [-0.39, 0.29) is 28.8 Å². The number of ether oxygens (including phenoxy) is 2. The van der Waals surface area contributed by atoms with E-state index in [4.69, 9.17) is 9.47 Å². The lowest BCUT2D eigenvalue weighted by atomic mass is 9.82. The molecule has 37 heavy (non-hydrogen) atoms. The van der Waals surface area contributed by atoms with Crippen molar-refractivity contribution in [3.05, 3.63) is 48.2 Å². The quantitative estimate of drug-likeness (QED) is 0.356. The lowest BCUT2D eigenvalue weighted by Gasteiger charge is -2.37. The van der Waals surface area contributed by atoms with Gasteiger partial charge in [-0.05, 0) is 67.1 Å². The minimum atomic E-state index is -3.88. The lowest BCUT2D eigenvalue weighted by molar-refractivity contribution is -0.171. The maximum absolute atomic E-state index is 13.1. The average molecular weight is 534 g/mol. The number of hydroxylamine groups is 1. The number of hydrogen-bond donors (Lipinski definition) is 2. The number of aromatic nitrogens is 1. The summed E-state index contributed by atoms with van der Waals surface area (Å²) in [6.45, 7) is 7.13. The van der Waals surface area contributed by atoms with Crippen LogP contribution in [0.4, 0.5) is 0 Å². The summed E-state index contributed by atoms with van der Waals surface area (Å²) in [6, 6.07) is 9.19. The van der Waals surface area contributed by atoms with E-state index in [9.17, 15) is 18.4 Å². The summed E-state index contributed by atoms with van der Waals surface area (Å²) in [5.41, 5.74) is 2.46. The van der Waals surface area contributed by atoms with E-state index < -0.39 is 15.4 Å². The summed E-state index contributed by atoms with van der Waals surface area (Å²) in [5, 5.41) is 10.9. The van der Waals surface area contributed by atoms with E-state index in [1.165, 1.54) is 24.4 Å². The van der Waals surface area contributed by atoms with Gasteiger partial charge in [0.25, 0.3) is 0 Å². The zero-order valence-corrected chi connectivity index (χ0v) is 22.8. The summed E-state index contributed by atoms with van der Waals surface area (Å²) < 4.78 is 37.9. The van der Waals surface area contributed by atoms with Crippen LogP contribution in [0.2, 0.25) is 0 Å². The molecule has 0 saturated heterocycles. The first-order valence-corrected chi connectivity index (χ1v) is 14.4. The number of hydrogen-bond acceptors (Lipinski definition) is 8. The maximum atomic E-state index is 13.1. The molecule has 10 heteroatoms. The van der Waals surface area contributed by atoms with Crippen LogP contribution in [0.5, 0.6) is 5.75 Å². The third-order valence-corrected chi connectivity index (χ3v) is 7.90. The Kier molecular flexibility index (Phi) is 10.5. The molecule has 0 aliphatic heterocycles. The predicted molar refractivity (Wildman–Crippen MR) is 139 cm³/mol.